The van der Waals surface area contributed by atoms with Gasteiger partial charge in [0, 0.05) is 28.8 Å². The molecule has 2 heterocycles. The fourth-order valence-corrected chi connectivity index (χ4v) is 3.42. The normalized spacial score (nSPS) is 10.8. The van der Waals surface area contributed by atoms with Gasteiger partial charge in [-0.2, -0.15) is 0 Å². The third-order valence-corrected chi connectivity index (χ3v) is 4.84. The van der Waals surface area contributed by atoms with Crippen LogP contribution in [-0.4, -0.2) is 22.9 Å². The molecule has 0 spiro atoms. The number of Topliss-reactive ketones (excluding diaryl/α,β-unsaturated/α-hetero) is 1. The summed E-state index contributed by atoms with van der Waals surface area (Å²) in [4.78, 5) is 32.5. The maximum absolute atomic E-state index is 12.2. The first kappa shape index (κ1) is 19.3. The number of carbonyl (C=O) groups excluding carboxylic acids is 1. The van der Waals surface area contributed by atoms with Crippen molar-refractivity contribution in [2.24, 2.45) is 0 Å². The third-order valence-electron chi connectivity index (χ3n) is 4.84. The predicted octanol–water partition coefficient (Wildman–Crippen LogP) is 4.51. The first-order chi connectivity index (χ1) is 14.5. The lowest BCUT2D eigenvalue weighted by Crippen LogP contribution is -2.14. The number of hydrogen-bond acceptors (Lipinski definition) is 7. The molecule has 0 aliphatic carbocycles. The summed E-state index contributed by atoms with van der Waals surface area (Å²) in [5.41, 5.74) is 2.70. The van der Waals surface area contributed by atoms with Crippen molar-refractivity contribution in [2.75, 3.05) is 12.4 Å². The molecular weight excluding hydrogens is 382 g/mol. The van der Waals surface area contributed by atoms with E-state index in [0.717, 1.165) is 5.56 Å². The number of rotatable bonds is 5. The van der Waals surface area contributed by atoms with Crippen LogP contribution in [-0.2, 0) is 0 Å². The number of nitrogens with zero attached hydrogens (tertiary/aromatic N) is 2. The smallest absolute Gasteiger partial charge is 0.347 e. The minimum Gasteiger partial charge on any atom is -0.496 e. The Morgan fingerprint density at radius 3 is 2.67 bits per heavy atom. The molecular formula is C23H19N3O4. The highest BCUT2D eigenvalue weighted by molar-refractivity contribution is 5.99. The van der Waals surface area contributed by atoms with Gasteiger partial charge in [0.25, 0.3) is 0 Å². The Morgan fingerprint density at radius 2 is 1.90 bits per heavy atom. The summed E-state index contributed by atoms with van der Waals surface area (Å²) in [7, 11) is 1.61. The maximum Gasteiger partial charge on any atom is 0.347 e. The molecule has 0 fully saturated rings. The topological polar surface area (TPSA) is 94.3 Å². The average Bonchev–Trinajstić information content (AvgIpc) is 2.73. The zero-order chi connectivity index (χ0) is 21.3. The zero-order valence-corrected chi connectivity index (χ0v) is 16.7. The molecule has 2 aromatic heterocycles. The Kier molecular flexibility index (Phi) is 5.02. The first-order valence-corrected chi connectivity index (χ1v) is 9.29. The molecule has 0 atom stereocenters. The Hall–Kier alpha value is -4.00. The van der Waals surface area contributed by atoms with E-state index in [0.29, 0.717) is 39.5 Å². The highest BCUT2D eigenvalue weighted by Gasteiger charge is 2.15. The summed E-state index contributed by atoms with van der Waals surface area (Å²) in [6.45, 7) is 3.10. The van der Waals surface area contributed by atoms with Crippen molar-refractivity contribution in [3.63, 3.8) is 0 Å². The third kappa shape index (κ3) is 3.53. The monoisotopic (exact) mass is 401 g/mol. The number of benzene rings is 2. The molecule has 0 aliphatic rings. The second-order valence-electron chi connectivity index (χ2n) is 6.77. The number of nitrogens with one attached hydrogen (secondary N) is 1. The molecule has 150 valence electrons. The average molecular weight is 401 g/mol. The van der Waals surface area contributed by atoms with E-state index >= 15 is 0 Å². The lowest BCUT2D eigenvalue weighted by molar-refractivity contribution is 0.101. The van der Waals surface area contributed by atoms with Gasteiger partial charge in [0.2, 0.25) is 0 Å². The van der Waals surface area contributed by atoms with Crippen LogP contribution >= 0.6 is 0 Å². The van der Waals surface area contributed by atoms with E-state index in [4.69, 9.17) is 9.15 Å². The summed E-state index contributed by atoms with van der Waals surface area (Å²) in [6, 6.07) is 14.8. The molecule has 4 aromatic rings. The van der Waals surface area contributed by atoms with Gasteiger partial charge < -0.3 is 14.5 Å². The van der Waals surface area contributed by atoms with E-state index < -0.39 is 5.63 Å². The number of para-hydroxylation sites is 1. The van der Waals surface area contributed by atoms with Gasteiger partial charge in [-0.1, -0.05) is 12.1 Å². The van der Waals surface area contributed by atoms with Gasteiger partial charge in [0.15, 0.2) is 5.78 Å². The predicted molar refractivity (Wildman–Crippen MR) is 115 cm³/mol. The number of anilines is 2. The van der Waals surface area contributed by atoms with E-state index in [1.807, 2.05) is 42.5 Å². The molecule has 0 radical (unpaired) electrons. The lowest BCUT2D eigenvalue weighted by atomic mass is 10.0. The molecule has 0 amide bonds. The Labute approximate surface area is 172 Å². The van der Waals surface area contributed by atoms with Crippen LogP contribution in [0.3, 0.4) is 0 Å². The molecule has 30 heavy (non-hydrogen) atoms. The number of carbonyl (C=O) groups is 1. The van der Waals surface area contributed by atoms with E-state index in [2.05, 4.69) is 15.3 Å². The molecule has 2 aromatic carbocycles. The molecule has 0 saturated carbocycles. The van der Waals surface area contributed by atoms with Crippen molar-refractivity contribution >= 4 is 28.3 Å². The number of hydrogen-bond donors (Lipinski definition) is 1. The van der Waals surface area contributed by atoms with Crippen molar-refractivity contribution in [3.8, 4) is 17.0 Å². The van der Waals surface area contributed by atoms with Crippen molar-refractivity contribution in [2.45, 2.75) is 13.8 Å². The molecule has 0 bridgehead atoms. The molecule has 0 unspecified atom stereocenters. The summed E-state index contributed by atoms with van der Waals surface area (Å²) >= 11 is 0. The van der Waals surface area contributed by atoms with Crippen LogP contribution in [0, 0.1) is 6.92 Å². The highest BCUT2D eigenvalue weighted by atomic mass is 16.5. The summed E-state index contributed by atoms with van der Waals surface area (Å²) in [5, 5.41) is 3.91. The fourth-order valence-electron chi connectivity index (χ4n) is 3.42. The number of ether oxygens (including phenoxy) is 1. The number of aromatic nitrogens is 2. The first-order valence-electron chi connectivity index (χ1n) is 9.29. The van der Waals surface area contributed by atoms with Gasteiger partial charge in [-0.25, -0.2) is 14.8 Å². The second-order valence-corrected chi connectivity index (χ2v) is 6.77. The second kappa shape index (κ2) is 7.79. The fraction of sp³-hybridized carbons (Fsp3) is 0.130. The summed E-state index contributed by atoms with van der Waals surface area (Å²) < 4.78 is 10.8. The number of aryl methyl sites for hydroxylation is 1. The molecule has 4 rings (SSSR count). The van der Waals surface area contributed by atoms with Gasteiger partial charge in [0.05, 0.1) is 12.8 Å². The lowest BCUT2D eigenvalue weighted by Gasteiger charge is -2.11. The van der Waals surface area contributed by atoms with Crippen LogP contribution in [0.15, 0.2) is 64.1 Å². The minimum atomic E-state index is -0.634. The molecule has 1 N–H and O–H groups in total. The Balaban J connectivity index is 1.70. The van der Waals surface area contributed by atoms with Crippen LogP contribution < -0.4 is 15.7 Å². The maximum atomic E-state index is 12.2. The van der Waals surface area contributed by atoms with Crippen LogP contribution in [0.2, 0.25) is 0 Å². The molecule has 7 nitrogen and oxygen atoms in total. The molecule has 7 heteroatoms. The Morgan fingerprint density at radius 1 is 1.10 bits per heavy atom. The van der Waals surface area contributed by atoms with E-state index in [1.165, 1.54) is 13.3 Å². The highest BCUT2D eigenvalue weighted by Crippen LogP contribution is 2.30. The van der Waals surface area contributed by atoms with Crippen molar-refractivity contribution in [3.05, 3.63) is 76.4 Å². The largest absolute Gasteiger partial charge is 0.496 e. The van der Waals surface area contributed by atoms with Crippen molar-refractivity contribution < 1.29 is 13.9 Å². The zero-order valence-electron chi connectivity index (χ0n) is 16.7. The van der Waals surface area contributed by atoms with E-state index in [-0.39, 0.29) is 11.3 Å². The number of methoxy groups -OCH3 is 1. The van der Waals surface area contributed by atoms with Crippen molar-refractivity contribution in [1.29, 1.82) is 0 Å². The quantitative estimate of drug-likeness (QED) is 0.388. The van der Waals surface area contributed by atoms with Gasteiger partial charge in [0.1, 0.15) is 29.0 Å². The van der Waals surface area contributed by atoms with Crippen LogP contribution in [0.5, 0.6) is 5.75 Å². The van der Waals surface area contributed by atoms with Crippen molar-refractivity contribution in [1.82, 2.24) is 9.97 Å². The van der Waals surface area contributed by atoms with Crippen LogP contribution in [0.25, 0.3) is 22.2 Å². The molecule has 0 aliphatic heterocycles. The Bertz CT molecular complexity index is 1330. The van der Waals surface area contributed by atoms with Crippen LogP contribution in [0.1, 0.15) is 22.8 Å². The van der Waals surface area contributed by atoms with Gasteiger partial charge in [-0.05, 0) is 43.7 Å². The summed E-state index contributed by atoms with van der Waals surface area (Å²) in [6.07, 6.45) is 1.47. The van der Waals surface area contributed by atoms with E-state index in [1.54, 1.807) is 20.1 Å². The molecule has 0 saturated heterocycles. The van der Waals surface area contributed by atoms with Gasteiger partial charge >= 0.3 is 5.63 Å². The van der Waals surface area contributed by atoms with Gasteiger partial charge in [-0.15, -0.1) is 0 Å². The number of fused-ring (bicyclic) bond motifs is 1. The minimum absolute atomic E-state index is 0.0838. The standard InChI is InChI=1S/C23H19N3O4/c1-13-16-9-8-15(10-20(16)30-23(28)22(13)14(2)27)26-21-11-18(24-12-25-21)17-6-4-5-7-19(17)29-3/h4-12H,1-3H3,(H,24,25,26). The summed E-state index contributed by atoms with van der Waals surface area (Å²) in [5.74, 6) is 0.978. The van der Waals surface area contributed by atoms with E-state index in [9.17, 15) is 9.59 Å². The van der Waals surface area contributed by atoms with Gasteiger partial charge in [-0.3, -0.25) is 4.79 Å². The van der Waals surface area contributed by atoms with Crippen LogP contribution in [0.4, 0.5) is 11.5 Å². The SMILES string of the molecule is COc1ccccc1-c1cc(Nc2ccc3c(C)c(C(C)=O)c(=O)oc3c2)ncn1. The number of ketones is 1.